The SMILES string of the molecule is CC(OC(=O)Nc1cnoc1-c1ccc(-c2ccc(C3(C(=O)O)CC3)cc2)c2c1NCC2)c1ccccc1. The van der Waals surface area contributed by atoms with Crippen LogP contribution in [0, 0.1) is 0 Å². The molecule has 4 aromatic rings. The lowest BCUT2D eigenvalue weighted by Gasteiger charge is -2.15. The third-order valence-electron chi connectivity index (χ3n) is 7.50. The van der Waals surface area contributed by atoms with Gasteiger partial charge in [-0.25, -0.2) is 4.79 Å². The number of aromatic nitrogens is 1. The Morgan fingerprint density at radius 1 is 1.05 bits per heavy atom. The molecule has 0 spiro atoms. The van der Waals surface area contributed by atoms with Gasteiger partial charge in [-0.3, -0.25) is 10.1 Å². The number of ether oxygens (including phenoxy) is 1. The molecule has 192 valence electrons. The summed E-state index contributed by atoms with van der Waals surface area (Å²) in [6, 6.07) is 21.4. The minimum atomic E-state index is -0.755. The summed E-state index contributed by atoms with van der Waals surface area (Å²) in [5.41, 5.74) is 6.42. The van der Waals surface area contributed by atoms with Crippen molar-refractivity contribution in [3.63, 3.8) is 0 Å². The number of nitrogens with one attached hydrogen (secondary N) is 2. The van der Waals surface area contributed by atoms with E-state index in [4.69, 9.17) is 9.26 Å². The van der Waals surface area contributed by atoms with Gasteiger partial charge in [0.15, 0.2) is 5.76 Å². The zero-order valence-corrected chi connectivity index (χ0v) is 20.9. The zero-order chi connectivity index (χ0) is 26.3. The normalized spacial score (nSPS) is 15.7. The molecule has 1 amide bonds. The summed E-state index contributed by atoms with van der Waals surface area (Å²) in [5, 5.41) is 19.8. The highest BCUT2D eigenvalue weighted by atomic mass is 16.6. The summed E-state index contributed by atoms with van der Waals surface area (Å²) in [6.07, 6.45) is 2.65. The molecule has 1 aromatic heterocycles. The van der Waals surface area contributed by atoms with E-state index in [2.05, 4.69) is 15.8 Å². The maximum atomic E-state index is 12.6. The molecule has 0 radical (unpaired) electrons. The molecule has 6 rings (SSSR count). The molecular formula is C30H27N3O5. The van der Waals surface area contributed by atoms with Crippen molar-refractivity contribution in [3.8, 4) is 22.5 Å². The molecular weight excluding hydrogens is 482 g/mol. The number of benzene rings is 3. The molecule has 1 saturated carbocycles. The van der Waals surface area contributed by atoms with E-state index in [0.29, 0.717) is 24.3 Å². The number of carboxylic acid groups (broad SMARTS) is 1. The first kappa shape index (κ1) is 23.8. The fourth-order valence-corrected chi connectivity index (χ4v) is 5.22. The predicted molar refractivity (Wildman–Crippen MR) is 143 cm³/mol. The fraction of sp³-hybridized carbons (Fsp3) is 0.233. The molecule has 0 saturated heterocycles. The van der Waals surface area contributed by atoms with Gasteiger partial charge in [-0.1, -0.05) is 65.8 Å². The number of anilines is 2. The summed E-state index contributed by atoms with van der Waals surface area (Å²) < 4.78 is 11.1. The first-order valence-corrected chi connectivity index (χ1v) is 12.7. The topological polar surface area (TPSA) is 114 Å². The second-order valence-corrected chi connectivity index (χ2v) is 9.81. The monoisotopic (exact) mass is 509 g/mol. The molecule has 0 bridgehead atoms. The van der Waals surface area contributed by atoms with Crippen molar-refractivity contribution in [2.24, 2.45) is 0 Å². The molecule has 8 heteroatoms. The van der Waals surface area contributed by atoms with E-state index in [0.717, 1.165) is 52.0 Å². The first-order valence-electron chi connectivity index (χ1n) is 12.7. The van der Waals surface area contributed by atoms with Crippen molar-refractivity contribution in [3.05, 3.63) is 89.6 Å². The molecule has 1 atom stereocenters. The summed E-state index contributed by atoms with van der Waals surface area (Å²) in [7, 11) is 0. The van der Waals surface area contributed by atoms with E-state index < -0.39 is 23.6 Å². The van der Waals surface area contributed by atoms with E-state index in [-0.39, 0.29) is 0 Å². The fourth-order valence-electron chi connectivity index (χ4n) is 5.22. The van der Waals surface area contributed by atoms with Crippen molar-refractivity contribution in [2.75, 3.05) is 17.2 Å². The smallest absolute Gasteiger partial charge is 0.412 e. The molecule has 8 nitrogen and oxygen atoms in total. The van der Waals surface area contributed by atoms with Gasteiger partial charge in [-0.05, 0) is 60.1 Å². The Balaban J connectivity index is 1.25. The maximum absolute atomic E-state index is 12.6. The van der Waals surface area contributed by atoms with Gasteiger partial charge in [-0.15, -0.1) is 0 Å². The van der Waals surface area contributed by atoms with Gasteiger partial charge in [0.05, 0.1) is 11.6 Å². The van der Waals surface area contributed by atoms with Crippen LogP contribution in [0.3, 0.4) is 0 Å². The van der Waals surface area contributed by atoms with Gasteiger partial charge in [0.1, 0.15) is 11.8 Å². The highest BCUT2D eigenvalue weighted by molar-refractivity contribution is 5.94. The van der Waals surface area contributed by atoms with E-state index >= 15 is 0 Å². The van der Waals surface area contributed by atoms with Crippen LogP contribution in [-0.4, -0.2) is 28.9 Å². The lowest BCUT2D eigenvalue weighted by Crippen LogP contribution is -2.19. The lowest BCUT2D eigenvalue weighted by atomic mass is 9.91. The van der Waals surface area contributed by atoms with Crippen molar-refractivity contribution >= 4 is 23.4 Å². The summed E-state index contributed by atoms with van der Waals surface area (Å²) in [6.45, 7) is 2.59. The molecule has 1 unspecified atom stereocenters. The number of carbonyl (C=O) groups is 2. The first-order chi connectivity index (χ1) is 18.5. The maximum Gasteiger partial charge on any atom is 0.412 e. The number of fused-ring (bicyclic) bond motifs is 1. The molecule has 3 N–H and O–H groups in total. The highest BCUT2D eigenvalue weighted by Crippen LogP contribution is 2.49. The van der Waals surface area contributed by atoms with Crippen molar-refractivity contribution in [1.82, 2.24) is 5.16 Å². The van der Waals surface area contributed by atoms with Gasteiger partial charge in [0, 0.05) is 17.8 Å². The molecule has 38 heavy (non-hydrogen) atoms. The number of hydrogen-bond acceptors (Lipinski definition) is 6. The van der Waals surface area contributed by atoms with E-state index in [1.807, 2.05) is 73.7 Å². The molecule has 2 heterocycles. The van der Waals surface area contributed by atoms with Crippen LogP contribution < -0.4 is 10.6 Å². The number of rotatable bonds is 7. The van der Waals surface area contributed by atoms with Crippen LogP contribution in [0.15, 0.2) is 77.4 Å². The molecule has 2 aliphatic rings. The van der Waals surface area contributed by atoms with Crippen LogP contribution in [0.4, 0.5) is 16.2 Å². The van der Waals surface area contributed by atoms with Gasteiger partial charge < -0.3 is 19.7 Å². The second kappa shape index (κ2) is 9.37. The van der Waals surface area contributed by atoms with Crippen LogP contribution in [0.2, 0.25) is 0 Å². The van der Waals surface area contributed by atoms with Crippen LogP contribution in [0.1, 0.15) is 42.6 Å². The Labute approximate surface area is 219 Å². The standard InChI is InChI=1S/C30H27N3O5/c1-18(19-5-3-2-4-6-19)37-29(36)33-25-17-32-38-27(25)24-12-11-22(23-13-16-31-26(23)24)20-7-9-21(10-8-20)30(14-15-30)28(34)35/h2-12,17-18,31H,13-16H2,1H3,(H,33,36)(H,34,35). The molecule has 1 aliphatic carbocycles. The van der Waals surface area contributed by atoms with Gasteiger partial charge in [-0.2, -0.15) is 0 Å². The van der Waals surface area contributed by atoms with Crippen LogP contribution >= 0.6 is 0 Å². The van der Waals surface area contributed by atoms with Gasteiger partial charge in [0.2, 0.25) is 0 Å². The van der Waals surface area contributed by atoms with Crippen LogP contribution in [0.25, 0.3) is 22.5 Å². The summed E-state index contributed by atoms with van der Waals surface area (Å²) >= 11 is 0. The Kier molecular flexibility index (Phi) is 5.87. The third kappa shape index (κ3) is 4.18. The second-order valence-electron chi connectivity index (χ2n) is 9.81. The largest absolute Gasteiger partial charge is 0.481 e. The van der Waals surface area contributed by atoms with Crippen LogP contribution in [-0.2, 0) is 21.4 Å². The average molecular weight is 510 g/mol. The number of hydrogen-bond donors (Lipinski definition) is 3. The summed E-state index contributed by atoms with van der Waals surface area (Å²) in [5.74, 6) is -0.312. The van der Waals surface area contributed by atoms with Crippen molar-refractivity contribution in [1.29, 1.82) is 0 Å². The minimum Gasteiger partial charge on any atom is -0.481 e. The predicted octanol–water partition coefficient (Wildman–Crippen LogP) is 6.40. The van der Waals surface area contributed by atoms with E-state index in [1.54, 1.807) is 0 Å². The van der Waals surface area contributed by atoms with Crippen LogP contribution in [0.5, 0.6) is 0 Å². The van der Waals surface area contributed by atoms with Gasteiger partial charge in [0.25, 0.3) is 0 Å². The number of nitrogens with zero attached hydrogens (tertiary/aromatic N) is 1. The molecule has 1 aliphatic heterocycles. The van der Waals surface area contributed by atoms with Crippen molar-refractivity contribution in [2.45, 2.75) is 37.7 Å². The Morgan fingerprint density at radius 3 is 2.50 bits per heavy atom. The molecule has 1 fully saturated rings. The number of amides is 1. The van der Waals surface area contributed by atoms with E-state index in [1.165, 1.54) is 6.20 Å². The Bertz CT molecular complexity index is 1510. The average Bonchev–Trinajstić information content (AvgIpc) is 3.38. The van der Waals surface area contributed by atoms with Crippen molar-refractivity contribution < 1.29 is 24.0 Å². The zero-order valence-electron chi connectivity index (χ0n) is 20.9. The number of aliphatic carboxylic acids is 1. The van der Waals surface area contributed by atoms with Gasteiger partial charge >= 0.3 is 12.1 Å². The Hall–Kier alpha value is -4.59. The number of carboxylic acids is 1. The quantitative estimate of drug-likeness (QED) is 0.264. The van der Waals surface area contributed by atoms with E-state index in [9.17, 15) is 14.7 Å². The lowest BCUT2D eigenvalue weighted by molar-refractivity contribution is -0.140. The number of carbonyl (C=O) groups excluding carboxylic acids is 1. The molecule has 3 aromatic carbocycles. The minimum absolute atomic E-state index is 0.415. The third-order valence-corrected chi connectivity index (χ3v) is 7.50. The Morgan fingerprint density at radius 2 is 1.79 bits per heavy atom. The summed E-state index contributed by atoms with van der Waals surface area (Å²) in [4.78, 5) is 24.3. The highest BCUT2D eigenvalue weighted by Gasteiger charge is 2.51.